The van der Waals surface area contributed by atoms with E-state index in [0.717, 1.165) is 57.8 Å². The van der Waals surface area contributed by atoms with Gasteiger partial charge in [-0.05, 0) is 79.1 Å². The predicted octanol–water partition coefficient (Wildman–Crippen LogP) is 5.05. The molecule has 2 saturated carbocycles. The van der Waals surface area contributed by atoms with E-state index in [-0.39, 0.29) is 48.1 Å². The average molecular weight is 663 g/mol. The Kier molecular flexibility index (Phi) is 12.5. The predicted molar refractivity (Wildman–Crippen MR) is 173 cm³/mol. The fraction of sp³-hybridized carbons (Fsp3) is 0.824. The second-order valence-electron chi connectivity index (χ2n) is 14.3. The summed E-state index contributed by atoms with van der Waals surface area (Å²) in [5, 5.41) is 12.4. The summed E-state index contributed by atoms with van der Waals surface area (Å²) in [6.45, 7) is 9.47. The first kappa shape index (κ1) is 36.5. The maximum absolute atomic E-state index is 12.5. The van der Waals surface area contributed by atoms with Crippen LogP contribution in [0, 0.1) is 11.8 Å². The standard InChI is InChI=1S/C17H28N2O5.C17H26N2O4/c1-12(2)24-16(23)19-10-6-13(7-11-19)14(20)18-17(15(21)22)8-4-3-5-9-17;1-12(2)22-16(21)19-10-6-13(7-11-19)14-18-17(15(20)23-14)8-4-3-5-9-17/h12-13H,3-11H2,1-2H3,(H,18,20)(H,21,22);12-13H,3-11H2,1-2H3. The number of carboxylic acid groups (broad SMARTS) is 1. The second kappa shape index (κ2) is 16.1. The lowest BCUT2D eigenvalue weighted by Crippen LogP contribution is -2.57. The number of amides is 3. The molecule has 1 spiro atoms. The molecule has 2 N–H and O–H groups in total. The number of aliphatic imine (C=N–C) groups is 1. The largest absolute Gasteiger partial charge is 0.480 e. The zero-order valence-corrected chi connectivity index (χ0v) is 28.6. The van der Waals surface area contributed by atoms with Gasteiger partial charge in [0.2, 0.25) is 5.91 Å². The molecule has 3 heterocycles. The maximum Gasteiger partial charge on any atom is 0.410 e. The molecule has 47 heavy (non-hydrogen) atoms. The Balaban J connectivity index is 0.000000213. The molecule has 2 saturated heterocycles. The van der Waals surface area contributed by atoms with E-state index in [1.54, 1.807) is 23.6 Å². The summed E-state index contributed by atoms with van der Waals surface area (Å²) < 4.78 is 15.9. The van der Waals surface area contributed by atoms with Gasteiger partial charge in [-0.15, -0.1) is 0 Å². The van der Waals surface area contributed by atoms with Crippen LogP contribution in [-0.4, -0.2) is 100 Å². The molecule has 4 fully saturated rings. The SMILES string of the molecule is CC(C)OC(=O)N1CCC(C(=O)NC2(C(=O)O)CCCCC2)CC1.CC(C)OC(=O)N1CCC(C2=NC3(CCCCC3)C(=O)O2)CC1. The number of aliphatic carboxylic acids is 1. The summed E-state index contributed by atoms with van der Waals surface area (Å²) in [6.07, 6.45) is 10.3. The van der Waals surface area contributed by atoms with Gasteiger partial charge in [0.1, 0.15) is 5.54 Å². The van der Waals surface area contributed by atoms with Crippen molar-refractivity contribution in [3.63, 3.8) is 0 Å². The van der Waals surface area contributed by atoms with Gasteiger partial charge in [0, 0.05) is 38.0 Å². The van der Waals surface area contributed by atoms with E-state index >= 15 is 0 Å². The minimum absolute atomic E-state index is 0.105. The van der Waals surface area contributed by atoms with Gasteiger partial charge < -0.3 is 34.4 Å². The summed E-state index contributed by atoms with van der Waals surface area (Å²) in [6, 6.07) is 0. The van der Waals surface area contributed by atoms with Crippen molar-refractivity contribution < 1.29 is 43.3 Å². The Morgan fingerprint density at radius 1 is 0.787 bits per heavy atom. The molecule has 13 nitrogen and oxygen atoms in total. The van der Waals surface area contributed by atoms with Gasteiger partial charge in [0.05, 0.1) is 12.2 Å². The Morgan fingerprint density at radius 2 is 1.26 bits per heavy atom. The van der Waals surface area contributed by atoms with Crippen LogP contribution in [0.5, 0.6) is 0 Å². The van der Waals surface area contributed by atoms with E-state index in [1.165, 1.54) is 6.42 Å². The number of nitrogens with one attached hydrogen (secondary N) is 1. The molecule has 0 unspecified atom stereocenters. The van der Waals surface area contributed by atoms with Gasteiger partial charge >= 0.3 is 24.1 Å². The summed E-state index contributed by atoms with van der Waals surface area (Å²) >= 11 is 0. The Hall–Kier alpha value is -3.38. The molecule has 0 aromatic carbocycles. The van der Waals surface area contributed by atoms with Crippen LogP contribution in [0.25, 0.3) is 0 Å². The van der Waals surface area contributed by atoms with Gasteiger partial charge in [-0.2, -0.15) is 0 Å². The van der Waals surface area contributed by atoms with Crippen molar-refractivity contribution in [3.05, 3.63) is 0 Å². The van der Waals surface area contributed by atoms with E-state index in [9.17, 15) is 29.1 Å². The van der Waals surface area contributed by atoms with Crippen LogP contribution in [0.2, 0.25) is 0 Å². The minimum Gasteiger partial charge on any atom is -0.480 e. The smallest absolute Gasteiger partial charge is 0.410 e. The highest BCUT2D eigenvalue weighted by atomic mass is 16.6. The van der Waals surface area contributed by atoms with E-state index in [1.807, 2.05) is 13.8 Å². The van der Waals surface area contributed by atoms with Crippen molar-refractivity contribution in [2.45, 2.75) is 141 Å². The number of likely N-dealkylation sites (tertiary alicyclic amines) is 2. The summed E-state index contributed by atoms with van der Waals surface area (Å²) in [4.78, 5) is 68.3. The fourth-order valence-corrected chi connectivity index (χ4v) is 7.17. The Labute approximate surface area is 278 Å². The van der Waals surface area contributed by atoms with E-state index in [4.69, 9.17) is 19.2 Å². The molecule has 0 atom stereocenters. The first-order valence-corrected chi connectivity index (χ1v) is 17.6. The normalized spacial score (nSPS) is 23.0. The number of piperidine rings is 2. The quantitative estimate of drug-likeness (QED) is 0.293. The molecule has 13 heteroatoms. The second-order valence-corrected chi connectivity index (χ2v) is 14.3. The van der Waals surface area contributed by atoms with Gasteiger partial charge in [-0.25, -0.2) is 24.2 Å². The molecule has 2 aliphatic carbocycles. The van der Waals surface area contributed by atoms with E-state index in [0.29, 0.717) is 57.8 Å². The maximum atomic E-state index is 12.5. The molecule has 3 amide bonds. The van der Waals surface area contributed by atoms with Crippen LogP contribution in [0.4, 0.5) is 9.59 Å². The number of carboxylic acids is 1. The Morgan fingerprint density at radius 3 is 1.72 bits per heavy atom. The van der Waals surface area contributed by atoms with Crippen LogP contribution < -0.4 is 5.32 Å². The summed E-state index contributed by atoms with van der Waals surface area (Å²) in [5.74, 6) is -0.790. The number of ether oxygens (including phenoxy) is 3. The van der Waals surface area contributed by atoms with Crippen molar-refractivity contribution >= 4 is 35.9 Å². The van der Waals surface area contributed by atoms with Crippen molar-refractivity contribution in [2.24, 2.45) is 16.8 Å². The van der Waals surface area contributed by atoms with Gasteiger partial charge in [0.25, 0.3) is 0 Å². The minimum atomic E-state index is -1.11. The highest BCUT2D eigenvalue weighted by Crippen LogP contribution is 2.38. The van der Waals surface area contributed by atoms with Crippen LogP contribution in [0.15, 0.2) is 4.99 Å². The van der Waals surface area contributed by atoms with Crippen LogP contribution in [0.1, 0.15) is 118 Å². The fourth-order valence-electron chi connectivity index (χ4n) is 7.17. The lowest BCUT2D eigenvalue weighted by Gasteiger charge is -2.37. The molecule has 3 aliphatic heterocycles. The topological polar surface area (TPSA) is 164 Å². The average Bonchev–Trinajstić information content (AvgIpc) is 3.36. The van der Waals surface area contributed by atoms with Gasteiger partial charge in [-0.3, -0.25) is 4.79 Å². The third-order valence-corrected chi connectivity index (χ3v) is 9.96. The van der Waals surface area contributed by atoms with Crippen molar-refractivity contribution in [1.82, 2.24) is 15.1 Å². The number of cyclic esters (lactones) is 1. The number of nitrogens with zero attached hydrogens (tertiary/aromatic N) is 3. The zero-order chi connectivity index (χ0) is 34.2. The van der Waals surface area contributed by atoms with Crippen LogP contribution in [-0.2, 0) is 28.6 Å². The van der Waals surface area contributed by atoms with Crippen molar-refractivity contribution in [3.8, 4) is 0 Å². The highest BCUT2D eigenvalue weighted by molar-refractivity contribution is 6.01. The molecule has 0 radical (unpaired) electrons. The lowest BCUT2D eigenvalue weighted by molar-refractivity contribution is -0.150. The summed E-state index contributed by atoms with van der Waals surface area (Å²) in [5.41, 5.74) is -1.70. The molecule has 5 aliphatic rings. The van der Waals surface area contributed by atoms with Crippen molar-refractivity contribution in [1.29, 1.82) is 0 Å². The van der Waals surface area contributed by atoms with Crippen molar-refractivity contribution in [2.75, 3.05) is 26.2 Å². The first-order chi connectivity index (χ1) is 22.3. The molecular weight excluding hydrogens is 608 g/mol. The van der Waals surface area contributed by atoms with E-state index < -0.39 is 17.0 Å². The molecule has 5 rings (SSSR count). The van der Waals surface area contributed by atoms with Crippen LogP contribution in [0.3, 0.4) is 0 Å². The van der Waals surface area contributed by atoms with Crippen LogP contribution >= 0.6 is 0 Å². The molecule has 264 valence electrons. The third kappa shape index (κ3) is 9.37. The third-order valence-electron chi connectivity index (χ3n) is 9.96. The number of esters is 1. The monoisotopic (exact) mass is 662 g/mol. The number of hydrogen-bond donors (Lipinski definition) is 2. The van der Waals surface area contributed by atoms with Gasteiger partial charge in [-0.1, -0.05) is 38.5 Å². The first-order valence-electron chi connectivity index (χ1n) is 17.6. The van der Waals surface area contributed by atoms with Gasteiger partial charge in [0.15, 0.2) is 11.4 Å². The number of hydrogen-bond acceptors (Lipinski definition) is 9. The zero-order valence-electron chi connectivity index (χ0n) is 28.6. The number of rotatable bonds is 6. The highest BCUT2D eigenvalue weighted by Gasteiger charge is 2.48. The lowest BCUT2D eigenvalue weighted by atomic mass is 9.81. The number of carbonyl (C=O) groups is 5. The van der Waals surface area contributed by atoms with E-state index in [2.05, 4.69) is 5.32 Å². The Bertz CT molecular complexity index is 1160. The summed E-state index contributed by atoms with van der Waals surface area (Å²) in [7, 11) is 0. The molecule has 0 aromatic heterocycles. The molecule has 0 bridgehead atoms. The molecule has 0 aromatic rings. The molecular formula is C34H54N4O9. The number of carbonyl (C=O) groups excluding carboxylic acids is 4.